The van der Waals surface area contributed by atoms with Gasteiger partial charge in [-0.25, -0.2) is 4.98 Å². The number of phenolic OH excluding ortho intramolecular Hbond substituents is 1. The Morgan fingerprint density at radius 1 is 1.10 bits per heavy atom. The van der Waals surface area contributed by atoms with Crippen molar-refractivity contribution in [1.82, 2.24) is 25.3 Å². The molecule has 4 aromatic rings. The Labute approximate surface area is 167 Å². The highest BCUT2D eigenvalue weighted by molar-refractivity contribution is 5.53. The van der Waals surface area contributed by atoms with E-state index in [1.165, 1.54) is 0 Å². The van der Waals surface area contributed by atoms with Crippen molar-refractivity contribution in [2.45, 2.75) is 26.3 Å². The van der Waals surface area contributed by atoms with Gasteiger partial charge >= 0.3 is 0 Å². The Kier molecular flexibility index (Phi) is 5.37. The number of nitrogens with zero attached hydrogens (tertiary/aromatic N) is 4. The third kappa shape index (κ3) is 5.10. The van der Waals surface area contributed by atoms with Crippen molar-refractivity contribution in [2.75, 3.05) is 10.6 Å². The van der Waals surface area contributed by atoms with Crippen LogP contribution in [0.3, 0.4) is 0 Å². The lowest BCUT2D eigenvalue weighted by atomic mass is 10.1. The largest absolute Gasteiger partial charge is 0.508 e. The molecule has 0 saturated carbocycles. The summed E-state index contributed by atoms with van der Waals surface area (Å²) in [6, 6.07) is 12.8. The first kappa shape index (κ1) is 18.5. The number of benzene rings is 1. The van der Waals surface area contributed by atoms with Crippen LogP contribution in [0.5, 0.6) is 5.75 Å². The molecule has 1 aromatic carbocycles. The number of aromatic nitrogens is 5. The van der Waals surface area contributed by atoms with Gasteiger partial charge in [0, 0.05) is 18.3 Å². The van der Waals surface area contributed by atoms with Crippen molar-refractivity contribution in [1.29, 1.82) is 0 Å². The van der Waals surface area contributed by atoms with Crippen LogP contribution in [0, 0.1) is 6.92 Å². The number of phenols is 1. The van der Waals surface area contributed by atoms with Gasteiger partial charge in [-0.1, -0.05) is 17.3 Å². The summed E-state index contributed by atoms with van der Waals surface area (Å²) >= 11 is 0. The van der Waals surface area contributed by atoms with E-state index in [1.807, 2.05) is 31.2 Å². The van der Waals surface area contributed by atoms with Gasteiger partial charge in [-0.05, 0) is 43.5 Å². The van der Waals surface area contributed by atoms with Crippen LogP contribution < -0.4 is 10.6 Å². The van der Waals surface area contributed by atoms with Crippen molar-refractivity contribution in [2.24, 2.45) is 0 Å². The SMILES string of the molecule is Cc1cc(CNc2nccc(Nc3cc(CCc4cccc(O)c4)n[nH]3)n2)no1. The van der Waals surface area contributed by atoms with Crippen LogP contribution in [0.4, 0.5) is 17.6 Å². The van der Waals surface area contributed by atoms with Crippen LogP contribution in [-0.4, -0.2) is 30.4 Å². The van der Waals surface area contributed by atoms with E-state index < -0.39 is 0 Å². The fraction of sp³-hybridized carbons (Fsp3) is 0.200. The number of anilines is 3. The van der Waals surface area contributed by atoms with E-state index in [0.717, 1.165) is 41.4 Å². The molecule has 3 aromatic heterocycles. The van der Waals surface area contributed by atoms with E-state index in [-0.39, 0.29) is 5.75 Å². The van der Waals surface area contributed by atoms with E-state index in [2.05, 4.69) is 36.0 Å². The second kappa shape index (κ2) is 8.42. The molecule has 0 unspecified atom stereocenters. The van der Waals surface area contributed by atoms with E-state index in [4.69, 9.17) is 4.52 Å². The molecule has 9 nitrogen and oxygen atoms in total. The number of nitrogens with one attached hydrogen (secondary N) is 3. The molecule has 4 N–H and O–H groups in total. The Bertz CT molecular complexity index is 1090. The van der Waals surface area contributed by atoms with E-state index >= 15 is 0 Å². The van der Waals surface area contributed by atoms with Crippen molar-refractivity contribution < 1.29 is 9.63 Å². The van der Waals surface area contributed by atoms with Crippen LogP contribution in [0.15, 0.2) is 53.2 Å². The fourth-order valence-corrected chi connectivity index (χ4v) is 2.86. The topological polar surface area (TPSA) is 125 Å². The van der Waals surface area contributed by atoms with Gasteiger partial charge in [-0.15, -0.1) is 0 Å². The molecule has 0 bridgehead atoms. The number of hydrogen-bond donors (Lipinski definition) is 4. The highest BCUT2D eigenvalue weighted by Crippen LogP contribution is 2.17. The van der Waals surface area contributed by atoms with Crippen molar-refractivity contribution >= 4 is 17.6 Å². The number of hydrogen-bond acceptors (Lipinski definition) is 8. The van der Waals surface area contributed by atoms with Crippen molar-refractivity contribution in [3.8, 4) is 5.75 Å². The number of rotatable bonds is 8. The van der Waals surface area contributed by atoms with Crippen LogP contribution in [-0.2, 0) is 19.4 Å². The fourth-order valence-electron chi connectivity index (χ4n) is 2.86. The standard InChI is InChI=1S/C20H21N7O2/c1-13-9-16(27-29-13)12-22-20-21-8-7-18(24-20)23-19-11-15(25-26-19)6-5-14-3-2-4-17(28)10-14/h2-4,7-11,28H,5-6,12H2,1H3,(H3,21,22,23,24,25,26). The second-order valence-corrected chi connectivity index (χ2v) is 6.62. The Balaban J connectivity index is 1.33. The summed E-state index contributed by atoms with van der Waals surface area (Å²) in [6.45, 7) is 2.32. The van der Waals surface area contributed by atoms with Gasteiger partial charge in [0.15, 0.2) is 0 Å². The van der Waals surface area contributed by atoms with Crippen LogP contribution >= 0.6 is 0 Å². The molecule has 9 heteroatoms. The molecule has 0 saturated heterocycles. The summed E-state index contributed by atoms with van der Waals surface area (Å²) < 4.78 is 5.05. The van der Waals surface area contributed by atoms with Crippen molar-refractivity contribution in [3.05, 3.63) is 71.4 Å². The number of H-pyrrole nitrogens is 1. The maximum atomic E-state index is 9.55. The molecule has 29 heavy (non-hydrogen) atoms. The van der Waals surface area contributed by atoms with Gasteiger partial charge < -0.3 is 20.3 Å². The van der Waals surface area contributed by atoms with Gasteiger partial charge in [0.25, 0.3) is 0 Å². The quantitative estimate of drug-likeness (QED) is 0.360. The zero-order valence-electron chi connectivity index (χ0n) is 15.9. The minimum atomic E-state index is 0.277. The number of aryl methyl sites for hydroxylation is 3. The predicted octanol–water partition coefficient (Wildman–Crippen LogP) is 3.34. The number of aromatic amines is 1. The number of aromatic hydroxyl groups is 1. The summed E-state index contributed by atoms with van der Waals surface area (Å²) in [6.07, 6.45) is 3.22. The zero-order valence-corrected chi connectivity index (χ0v) is 15.9. The first-order valence-corrected chi connectivity index (χ1v) is 9.22. The van der Waals surface area contributed by atoms with E-state index in [0.29, 0.717) is 18.3 Å². The van der Waals surface area contributed by atoms with Gasteiger partial charge in [-0.2, -0.15) is 10.1 Å². The molecule has 3 heterocycles. The molecule has 0 radical (unpaired) electrons. The summed E-state index contributed by atoms with van der Waals surface area (Å²) in [7, 11) is 0. The zero-order chi connectivity index (χ0) is 20.1. The lowest BCUT2D eigenvalue weighted by molar-refractivity contribution is 0.391. The molecule has 0 spiro atoms. The molecular formula is C20H21N7O2. The maximum absolute atomic E-state index is 9.55. The minimum absolute atomic E-state index is 0.277. The summed E-state index contributed by atoms with van der Waals surface area (Å²) in [5.74, 6) is 2.91. The third-order valence-corrected chi connectivity index (χ3v) is 4.23. The second-order valence-electron chi connectivity index (χ2n) is 6.62. The molecule has 0 aliphatic rings. The van der Waals surface area contributed by atoms with Gasteiger partial charge in [0.2, 0.25) is 5.95 Å². The summed E-state index contributed by atoms with van der Waals surface area (Å²) in [4.78, 5) is 8.65. The summed E-state index contributed by atoms with van der Waals surface area (Å²) in [5.41, 5.74) is 2.77. The molecule has 0 aliphatic heterocycles. The highest BCUT2D eigenvalue weighted by Gasteiger charge is 2.06. The van der Waals surface area contributed by atoms with Gasteiger partial charge in [-0.3, -0.25) is 5.10 Å². The Morgan fingerprint density at radius 2 is 2.03 bits per heavy atom. The minimum Gasteiger partial charge on any atom is -0.508 e. The average molecular weight is 391 g/mol. The summed E-state index contributed by atoms with van der Waals surface area (Å²) in [5, 5.41) is 27.1. The monoisotopic (exact) mass is 391 g/mol. The Hall–Kier alpha value is -3.88. The third-order valence-electron chi connectivity index (χ3n) is 4.23. The van der Waals surface area contributed by atoms with Gasteiger partial charge in [0.05, 0.1) is 12.2 Å². The lowest BCUT2D eigenvalue weighted by Crippen LogP contribution is -2.05. The molecule has 148 valence electrons. The predicted molar refractivity (Wildman–Crippen MR) is 108 cm³/mol. The lowest BCUT2D eigenvalue weighted by Gasteiger charge is -2.05. The molecule has 0 amide bonds. The smallest absolute Gasteiger partial charge is 0.224 e. The van der Waals surface area contributed by atoms with Gasteiger partial charge in [0.1, 0.15) is 28.8 Å². The van der Waals surface area contributed by atoms with Crippen LogP contribution in [0.2, 0.25) is 0 Å². The highest BCUT2D eigenvalue weighted by atomic mass is 16.5. The maximum Gasteiger partial charge on any atom is 0.224 e. The average Bonchev–Trinajstić information content (AvgIpc) is 3.34. The molecular weight excluding hydrogens is 370 g/mol. The molecule has 0 aliphatic carbocycles. The molecule has 0 fully saturated rings. The van der Waals surface area contributed by atoms with E-state index in [1.54, 1.807) is 24.4 Å². The molecule has 0 atom stereocenters. The first-order chi connectivity index (χ1) is 14.1. The normalized spacial score (nSPS) is 10.8. The molecule has 4 rings (SSSR count). The van der Waals surface area contributed by atoms with Crippen LogP contribution in [0.1, 0.15) is 22.7 Å². The van der Waals surface area contributed by atoms with Crippen molar-refractivity contribution in [3.63, 3.8) is 0 Å². The van der Waals surface area contributed by atoms with Crippen LogP contribution in [0.25, 0.3) is 0 Å². The van der Waals surface area contributed by atoms with E-state index in [9.17, 15) is 5.11 Å². The first-order valence-electron chi connectivity index (χ1n) is 9.22. The Morgan fingerprint density at radius 3 is 2.86 bits per heavy atom.